The number of hydrogen-bond donors (Lipinski definition) is 1. The molecule has 1 heterocycles. The van der Waals surface area contributed by atoms with Crippen molar-refractivity contribution in [3.8, 4) is 0 Å². The topological polar surface area (TPSA) is 79.0 Å². The summed E-state index contributed by atoms with van der Waals surface area (Å²) in [5.41, 5.74) is 1.81. The third kappa shape index (κ3) is 8.43. The quantitative estimate of drug-likeness (QED) is 0.772. The maximum Gasteiger partial charge on any atom is 0.407 e. The van der Waals surface area contributed by atoms with Gasteiger partial charge >= 0.3 is 6.09 Å². The Morgan fingerprint density at radius 2 is 1.63 bits per heavy atom. The van der Waals surface area contributed by atoms with Crippen LogP contribution in [0.1, 0.15) is 51.2 Å². The SMILES string of the molecule is Cc1cccc(CCC(=O)N2CCCN(C(=O)CCNC(=O)OC(C)(C)C)CC2)c1. The van der Waals surface area contributed by atoms with Gasteiger partial charge in [0, 0.05) is 45.6 Å². The molecule has 1 aliphatic rings. The minimum Gasteiger partial charge on any atom is -0.444 e. The monoisotopic (exact) mass is 417 g/mol. The van der Waals surface area contributed by atoms with Crippen molar-refractivity contribution in [1.82, 2.24) is 15.1 Å². The molecule has 1 saturated heterocycles. The Kier molecular flexibility index (Phi) is 8.69. The molecule has 0 atom stereocenters. The molecule has 1 aromatic carbocycles. The van der Waals surface area contributed by atoms with Crippen molar-refractivity contribution in [3.05, 3.63) is 35.4 Å². The fraction of sp³-hybridized carbons (Fsp3) is 0.609. The van der Waals surface area contributed by atoms with Gasteiger partial charge in [-0.2, -0.15) is 0 Å². The molecule has 0 aromatic heterocycles. The van der Waals surface area contributed by atoms with Crippen molar-refractivity contribution in [1.29, 1.82) is 0 Å². The van der Waals surface area contributed by atoms with Crippen LogP contribution in [0.3, 0.4) is 0 Å². The maximum atomic E-state index is 12.6. The third-order valence-corrected chi connectivity index (χ3v) is 4.92. The molecule has 30 heavy (non-hydrogen) atoms. The molecule has 7 heteroatoms. The van der Waals surface area contributed by atoms with Crippen molar-refractivity contribution in [3.63, 3.8) is 0 Å². The molecule has 0 spiro atoms. The first-order chi connectivity index (χ1) is 14.1. The van der Waals surface area contributed by atoms with E-state index in [1.807, 2.05) is 11.0 Å². The van der Waals surface area contributed by atoms with Crippen LogP contribution in [-0.4, -0.2) is 66.0 Å². The lowest BCUT2D eigenvalue weighted by Crippen LogP contribution is -2.39. The van der Waals surface area contributed by atoms with Crippen molar-refractivity contribution in [2.24, 2.45) is 0 Å². The number of ether oxygens (including phenoxy) is 1. The van der Waals surface area contributed by atoms with Crippen molar-refractivity contribution in [2.75, 3.05) is 32.7 Å². The molecule has 1 aliphatic heterocycles. The lowest BCUT2D eigenvalue weighted by atomic mass is 10.1. The molecule has 2 rings (SSSR count). The summed E-state index contributed by atoms with van der Waals surface area (Å²) in [4.78, 5) is 40.4. The summed E-state index contributed by atoms with van der Waals surface area (Å²) < 4.78 is 5.17. The summed E-state index contributed by atoms with van der Waals surface area (Å²) >= 11 is 0. The van der Waals surface area contributed by atoms with Gasteiger partial charge in [-0.05, 0) is 46.1 Å². The molecule has 7 nitrogen and oxygen atoms in total. The van der Waals surface area contributed by atoms with E-state index >= 15 is 0 Å². The van der Waals surface area contributed by atoms with Gasteiger partial charge in [-0.1, -0.05) is 29.8 Å². The lowest BCUT2D eigenvalue weighted by Gasteiger charge is -2.23. The zero-order valence-electron chi connectivity index (χ0n) is 18.7. The first-order valence-corrected chi connectivity index (χ1v) is 10.7. The molecule has 3 amide bonds. The van der Waals surface area contributed by atoms with E-state index in [2.05, 4.69) is 30.4 Å². The van der Waals surface area contributed by atoms with Gasteiger partial charge in [-0.15, -0.1) is 0 Å². The van der Waals surface area contributed by atoms with Gasteiger partial charge in [-0.3, -0.25) is 9.59 Å². The van der Waals surface area contributed by atoms with Crippen LogP contribution < -0.4 is 5.32 Å². The highest BCUT2D eigenvalue weighted by molar-refractivity contribution is 5.78. The van der Waals surface area contributed by atoms with Crippen LogP contribution in [0.25, 0.3) is 0 Å². The molecule has 1 fully saturated rings. The van der Waals surface area contributed by atoms with E-state index in [9.17, 15) is 14.4 Å². The summed E-state index contributed by atoms with van der Waals surface area (Å²) in [6.45, 7) is 10.1. The Morgan fingerprint density at radius 1 is 1.00 bits per heavy atom. The molecule has 0 bridgehead atoms. The Hall–Kier alpha value is -2.57. The van der Waals surface area contributed by atoms with Crippen molar-refractivity contribution >= 4 is 17.9 Å². The first kappa shape index (κ1) is 23.7. The van der Waals surface area contributed by atoms with Gasteiger partial charge < -0.3 is 19.9 Å². The zero-order chi connectivity index (χ0) is 22.1. The Balaban J connectivity index is 1.72. The standard InChI is InChI=1S/C23H35N3O4/c1-18-7-5-8-19(17-18)9-10-20(27)25-13-6-14-26(16-15-25)21(28)11-12-24-22(29)30-23(2,3)4/h5,7-8,17H,6,9-16H2,1-4H3,(H,24,29). The Labute approximate surface area is 179 Å². The van der Waals surface area contributed by atoms with E-state index in [1.54, 1.807) is 25.7 Å². The average Bonchev–Trinajstić information content (AvgIpc) is 2.91. The minimum atomic E-state index is -0.561. The van der Waals surface area contributed by atoms with Crippen LogP contribution in [-0.2, 0) is 20.7 Å². The predicted molar refractivity (Wildman–Crippen MR) is 116 cm³/mol. The summed E-state index contributed by atoms with van der Waals surface area (Å²) in [7, 11) is 0. The summed E-state index contributed by atoms with van der Waals surface area (Å²) in [6.07, 6.45) is 1.69. The average molecular weight is 418 g/mol. The van der Waals surface area contributed by atoms with E-state index in [0.717, 1.165) is 12.8 Å². The van der Waals surface area contributed by atoms with E-state index in [-0.39, 0.29) is 24.8 Å². The van der Waals surface area contributed by atoms with Gasteiger partial charge in [-0.25, -0.2) is 4.79 Å². The highest BCUT2D eigenvalue weighted by atomic mass is 16.6. The fourth-order valence-electron chi connectivity index (χ4n) is 3.44. The minimum absolute atomic E-state index is 0.0138. The smallest absolute Gasteiger partial charge is 0.407 e. The van der Waals surface area contributed by atoms with Crippen molar-refractivity contribution in [2.45, 2.75) is 59.0 Å². The number of aryl methyl sites for hydroxylation is 2. The van der Waals surface area contributed by atoms with Gasteiger partial charge in [0.15, 0.2) is 0 Å². The second-order valence-corrected chi connectivity index (χ2v) is 8.78. The number of nitrogens with zero attached hydrogens (tertiary/aromatic N) is 2. The second-order valence-electron chi connectivity index (χ2n) is 8.78. The summed E-state index contributed by atoms with van der Waals surface area (Å²) in [5, 5.41) is 2.61. The number of amides is 3. The highest BCUT2D eigenvalue weighted by Crippen LogP contribution is 2.11. The van der Waals surface area contributed by atoms with Crippen LogP contribution in [0.5, 0.6) is 0 Å². The van der Waals surface area contributed by atoms with Gasteiger partial charge in [0.25, 0.3) is 0 Å². The van der Waals surface area contributed by atoms with E-state index in [0.29, 0.717) is 32.6 Å². The predicted octanol–water partition coefficient (Wildman–Crippen LogP) is 2.90. The van der Waals surface area contributed by atoms with E-state index in [4.69, 9.17) is 4.74 Å². The lowest BCUT2D eigenvalue weighted by molar-refractivity contribution is -0.133. The molecule has 166 valence electrons. The van der Waals surface area contributed by atoms with Crippen LogP contribution in [0.2, 0.25) is 0 Å². The number of benzene rings is 1. The molecule has 0 aliphatic carbocycles. The number of nitrogens with one attached hydrogen (secondary N) is 1. The molecular weight excluding hydrogens is 382 g/mol. The Morgan fingerprint density at radius 3 is 2.23 bits per heavy atom. The highest BCUT2D eigenvalue weighted by Gasteiger charge is 2.22. The van der Waals surface area contributed by atoms with E-state index < -0.39 is 11.7 Å². The van der Waals surface area contributed by atoms with Crippen LogP contribution >= 0.6 is 0 Å². The molecule has 0 saturated carbocycles. The number of carbonyl (C=O) groups is 3. The molecular formula is C23H35N3O4. The fourth-order valence-corrected chi connectivity index (χ4v) is 3.44. The molecule has 1 aromatic rings. The van der Waals surface area contributed by atoms with Gasteiger partial charge in [0.05, 0.1) is 0 Å². The second kappa shape index (κ2) is 11.0. The van der Waals surface area contributed by atoms with Crippen molar-refractivity contribution < 1.29 is 19.1 Å². The molecule has 1 N–H and O–H groups in total. The number of carbonyl (C=O) groups excluding carboxylic acids is 3. The largest absolute Gasteiger partial charge is 0.444 e. The van der Waals surface area contributed by atoms with Crippen LogP contribution in [0.15, 0.2) is 24.3 Å². The van der Waals surface area contributed by atoms with Crippen LogP contribution in [0.4, 0.5) is 4.79 Å². The maximum absolute atomic E-state index is 12.6. The third-order valence-electron chi connectivity index (χ3n) is 4.92. The number of hydrogen-bond acceptors (Lipinski definition) is 4. The van der Waals surface area contributed by atoms with E-state index in [1.165, 1.54) is 11.1 Å². The zero-order valence-corrected chi connectivity index (χ0v) is 18.7. The van der Waals surface area contributed by atoms with Gasteiger partial charge in [0.1, 0.15) is 5.60 Å². The molecule has 0 unspecified atom stereocenters. The molecule has 0 radical (unpaired) electrons. The Bertz CT molecular complexity index is 742. The summed E-state index contributed by atoms with van der Waals surface area (Å²) in [6, 6.07) is 8.23. The summed E-state index contributed by atoms with van der Waals surface area (Å²) in [5.74, 6) is 0.123. The van der Waals surface area contributed by atoms with Gasteiger partial charge in [0.2, 0.25) is 11.8 Å². The van der Waals surface area contributed by atoms with Crippen LogP contribution in [0, 0.1) is 6.92 Å². The number of alkyl carbamates (subject to hydrolysis) is 1. The normalized spacial score (nSPS) is 14.8. The first-order valence-electron chi connectivity index (χ1n) is 10.7. The number of rotatable bonds is 6.